The standard InChI is InChI=1S/C27H32N8O3S/c1-27(2,3)38-26(37)34-12-10-33(11-13-34)23(36)20-16-39-25(30-20)32-24-29-14-19-18-8-9-28-15-21(18)35(22(19)31-24)17-6-4-5-7-17/h8-9,14-17H,4-7,10-13H2,1-3H3,(H,29,30,31,32). The van der Waals surface area contributed by atoms with E-state index in [2.05, 4.69) is 24.8 Å². The van der Waals surface area contributed by atoms with Gasteiger partial charge in [-0.15, -0.1) is 11.3 Å². The van der Waals surface area contributed by atoms with Crippen molar-refractivity contribution in [2.75, 3.05) is 31.5 Å². The van der Waals surface area contributed by atoms with Crippen molar-refractivity contribution in [2.24, 2.45) is 0 Å². The fourth-order valence-electron chi connectivity index (χ4n) is 5.36. The zero-order chi connectivity index (χ0) is 27.1. The highest BCUT2D eigenvalue weighted by molar-refractivity contribution is 7.14. The van der Waals surface area contributed by atoms with Crippen LogP contribution < -0.4 is 5.32 Å². The number of nitrogens with one attached hydrogen (secondary N) is 1. The van der Waals surface area contributed by atoms with Crippen molar-refractivity contribution in [1.82, 2.24) is 34.3 Å². The lowest BCUT2D eigenvalue weighted by molar-refractivity contribution is 0.0140. The van der Waals surface area contributed by atoms with Crippen molar-refractivity contribution < 1.29 is 14.3 Å². The number of carbonyl (C=O) groups excluding carboxylic acids is 2. The molecule has 0 bridgehead atoms. The molecule has 4 aromatic rings. The van der Waals surface area contributed by atoms with E-state index in [1.165, 1.54) is 24.2 Å². The normalized spacial score (nSPS) is 16.8. The number of piperazine rings is 1. The molecule has 6 rings (SSSR count). The Bertz CT molecular complexity index is 1530. The second-order valence-electron chi connectivity index (χ2n) is 11.1. The van der Waals surface area contributed by atoms with Crippen LogP contribution in [-0.2, 0) is 4.74 Å². The minimum Gasteiger partial charge on any atom is -0.444 e. The summed E-state index contributed by atoms with van der Waals surface area (Å²) >= 11 is 1.34. The van der Waals surface area contributed by atoms with E-state index in [0.29, 0.717) is 49.0 Å². The monoisotopic (exact) mass is 548 g/mol. The highest BCUT2D eigenvalue weighted by Crippen LogP contribution is 2.37. The van der Waals surface area contributed by atoms with E-state index < -0.39 is 5.60 Å². The van der Waals surface area contributed by atoms with Gasteiger partial charge in [0.25, 0.3) is 5.91 Å². The minimum atomic E-state index is -0.549. The Balaban J connectivity index is 1.16. The van der Waals surface area contributed by atoms with Gasteiger partial charge in [0, 0.05) is 60.8 Å². The van der Waals surface area contributed by atoms with Crippen LogP contribution in [0.3, 0.4) is 0 Å². The van der Waals surface area contributed by atoms with Crippen LogP contribution in [0.5, 0.6) is 0 Å². The third kappa shape index (κ3) is 5.12. The molecule has 2 amide bonds. The van der Waals surface area contributed by atoms with Crippen molar-refractivity contribution in [3.05, 3.63) is 35.7 Å². The van der Waals surface area contributed by atoms with Crippen LogP contribution in [0.2, 0.25) is 0 Å². The molecule has 1 saturated heterocycles. The summed E-state index contributed by atoms with van der Waals surface area (Å²) in [4.78, 5) is 47.1. The van der Waals surface area contributed by atoms with E-state index in [9.17, 15) is 9.59 Å². The van der Waals surface area contributed by atoms with Crippen molar-refractivity contribution in [1.29, 1.82) is 0 Å². The maximum atomic E-state index is 13.1. The molecule has 11 nitrogen and oxygen atoms in total. The summed E-state index contributed by atoms with van der Waals surface area (Å²) < 4.78 is 7.76. The fourth-order valence-corrected chi connectivity index (χ4v) is 6.04. The lowest BCUT2D eigenvalue weighted by atomic mass is 10.2. The molecule has 1 N–H and O–H groups in total. The number of ether oxygens (including phenoxy) is 1. The number of nitrogens with zero attached hydrogens (tertiary/aromatic N) is 7. The highest BCUT2D eigenvalue weighted by Gasteiger charge is 2.29. The Morgan fingerprint density at radius 1 is 1.03 bits per heavy atom. The molecule has 0 spiro atoms. The van der Waals surface area contributed by atoms with Crippen molar-refractivity contribution in [3.63, 3.8) is 0 Å². The van der Waals surface area contributed by atoms with Crippen LogP contribution in [0.1, 0.15) is 63.0 Å². The molecule has 39 heavy (non-hydrogen) atoms. The Hall–Kier alpha value is -3.80. The number of anilines is 2. The van der Waals surface area contributed by atoms with Gasteiger partial charge in [0.1, 0.15) is 16.9 Å². The number of carbonyl (C=O) groups is 2. The molecule has 2 aliphatic rings. The first kappa shape index (κ1) is 25.5. The Morgan fingerprint density at radius 2 is 1.77 bits per heavy atom. The first-order valence-corrected chi connectivity index (χ1v) is 14.3. The first-order chi connectivity index (χ1) is 18.8. The number of rotatable bonds is 4. The van der Waals surface area contributed by atoms with E-state index in [1.807, 2.05) is 39.2 Å². The van der Waals surface area contributed by atoms with Gasteiger partial charge < -0.3 is 19.1 Å². The number of thiazole rings is 1. The summed E-state index contributed by atoms with van der Waals surface area (Å²) in [6.07, 6.45) is 9.90. The summed E-state index contributed by atoms with van der Waals surface area (Å²) in [7, 11) is 0. The number of hydrogen-bond acceptors (Lipinski definition) is 9. The number of aromatic nitrogens is 5. The average molecular weight is 549 g/mol. The van der Waals surface area contributed by atoms with Gasteiger partial charge in [-0.1, -0.05) is 12.8 Å². The van der Waals surface area contributed by atoms with Gasteiger partial charge in [0.2, 0.25) is 5.95 Å². The molecule has 2 fully saturated rings. The molecule has 5 heterocycles. The lowest BCUT2D eigenvalue weighted by Gasteiger charge is -2.35. The van der Waals surface area contributed by atoms with Gasteiger partial charge >= 0.3 is 6.09 Å². The predicted octanol–water partition coefficient (Wildman–Crippen LogP) is 4.99. The number of pyridine rings is 1. The second-order valence-corrected chi connectivity index (χ2v) is 11.9. The summed E-state index contributed by atoms with van der Waals surface area (Å²) in [5, 5.41) is 7.60. The molecule has 0 atom stereocenters. The third-order valence-electron chi connectivity index (χ3n) is 7.20. The van der Waals surface area contributed by atoms with Crippen LogP contribution in [-0.4, -0.2) is 78.1 Å². The molecular weight excluding hydrogens is 516 g/mol. The van der Waals surface area contributed by atoms with Gasteiger partial charge in [-0.25, -0.2) is 14.8 Å². The van der Waals surface area contributed by atoms with Gasteiger partial charge in [-0.05, 0) is 39.7 Å². The van der Waals surface area contributed by atoms with Gasteiger partial charge in [0.15, 0.2) is 5.13 Å². The van der Waals surface area contributed by atoms with Crippen LogP contribution in [0, 0.1) is 0 Å². The first-order valence-electron chi connectivity index (χ1n) is 13.4. The van der Waals surface area contributed by atoms with Crippen molar-refractivity contribution >= 4 is 56.4 Å². The minimum absolute atomic E-state index is 0.159. The summed E-state index contributed by atoms with van der Waals surface area (Å²) in [6, 6.07) is 2.42. The average Bonchev–Trinajstić information content (AvgIpc) is 3.66. The summed E-state index contributed by atoms with van der Waals surface area (Å²) in [5.74, 6) is 0.283. The van der Waals surface area contributed by atoms with Crippen LogP contribution >= 0.6 is 11.3 Å². The van der Waals surface area contributed by atoms with E-state index in [0.717, 1.165) is 34.8 Å². The lowest BCUT2D eigenvalue weighted by Crippen LogP contribution is -2.51. The van der Waals surface area contributed by atoms with E-state index in [4.69, 9.17) is 9.72 Å². The zero-order valence-corrected chi connectivity index (χ0v) is 23.2. The van der Waals surface area contributed by atoms with Crippen LogP contribution in [0.15, 0.2) is 30.0 Å². The summed E-state index contributed by atoms with van der Waals surface area (Å²) in [5.41, 5.74) is 1.78. The molecule has 1 saturated carbocycles. The molecular formula is C27H32N8O3S. The number of fused-ring (bicyclic) bond motifs is 3. The maximum absolute atomic E-state index is 13.1. The van der Waals surface area contributed by atoms with Crippen LogP contribution in [0.25, 0.3) is 21.9 Å². The van der Waals surface area contributed by atoms with Gasteiger partial charge in [-0.3, -0.25) is 15.1 Å². The van der Waals surface area contributed by atoms with Gasteiger partial charge in [-0.2, -0.15) is 4.98 Å². The maximum Gasteiger partial charge on any atom is 0.410 e. The largest absolute Gasteiger partial charge is 0.444 e. The second kappa shape index (κ2) is 10.1. The Morgan fingerprint density at radius 3 is 2.51 bits per heavy atom. The zero-order valence-electron chi connectivity index (χ0n) is 22.4. The Kier molecular flexibility index (Phi) is 6.57. The predicted molar refractivity (Wildman–Crippen MR) is 149 cm³/mol. The Labute approximate surface area is 230 Å². The van der Waals surface area contributed by atoms with E-state index >= 15 is 0 Å². The SMILES string of the molecule is CC(C)(C)OC(=O)N1CCN(C(=O)c2csc(Nc3ncc4c5ccncc5n(C5CCCC5)c4n3)n2)CC1. The molecule has 204 valence electrons. The third-order valence-corrected chi connectivity index (χ3v) is 7.95. The van der Waals surface area contributed by atoms with Crippen molar-refractivity contribution in [2.45, 2.75) is 58.1 Å². The fraction of sp³-hybridized carbons (Fsp3) is 0.481. The van der Waals surface area contributed by atoms with Crippen LogP contribution in [0.4, 0.5) is 15.9 Å². The molecule has 0 aromatic carbocycles. The topological polar surface area (TPSA) is 118 Å². The molecule has 4 aromatic heterocycles. The highest BCUT2D eigenvalue weighted by atomic mass is 32.1. The molecule has 1 aliphatic heterocycles. The molecule has 12 heteroatoms. The number of hydrogen-bond donors (Lipinski definition) is 1. The molecule has 1 aliphatic carbocycles. The molecule has 0 unspecified atom stereocenters. The quantitative estimate of drug-likeness (QED) is 0.379. The number of amides is 2. The van der Waals surface area contributed by atoms with E-state index in [-0.39, 0.29) is 12.0 Å². The van der Waals surface area contributed by atoms with Gasteiger partial charge in [0.05, 0.1) is 11.7 Å². The van der Waals surface area contributed by atoms with Crippen molar-refractivity contribution in [3.8, 4) is 0 Å². The molecule has 0 radical (unpaired) electrons. The van der Waals surface area contributed by atoms with E-state index in [1.54, 1.807) is 21.4 Å². The smallest absolute Gasteiger partial charge is 0.410 e. The summed E-state index contributed by atoms with van der Waals surface area (Å²) in [6.45, 7) is 7.23.